The Morgan fingerprint density at radius 3 is 2.38 bits per heavy atom. The van der Waals surface area contributed by atoms with E-state index in [1.54, 1.807) is 6.07 Å². The van der Waals surface area contributed by atoms with E-state index in [2.05, 4.69) is 16.8 Å². The molecule has 0 bridgehead atoms. The standard InChI is InChI=1S/C23H25N3O3/c1-17-19-9-5-6-10-20(19)23(28)26(17)16-22(27)24-21(18-7-3-2-4-8-18)15-25-11-13-29-14-12-25/h2-10,21H,1,11-16H2,(H,24,27)/t21-/m1/s1. The first-order chi connectivity index (χ1) is 14.1. The molecule has 1 saturated heterocycles. The van der Waals surface area contributed by atoms with Crippen molar-refractivity contribution in [2.75, 3.05) is 39.4 Å². The first-order valence-corrected chi connectivity index (χ1v) is 9.88. The van der Waals surface area contributed by atoms with Gasteiger partial charge in [0.05, 0.1) is 19.3 Å². The number of hydrogen-bond acceptors (Lipinski definition) is 4. The highest BCUT2D eigenvalue weighted by molar-refractivity contribution is 6.10. The van der Waals surface area contributed by atoms with Gasteiger partial charge < -0.3 is 10.1 Å². The highest BCUT2D eigenvalue weighted by atomic mass is 16.5. The predicted molar refractivity (Wildman–Crippen MR) is 111 cm³/mol. The third kappa shape index (κ3) is 4.23. The fourth-order valence-electron chi connectivity index (χ4n) is 3.85. The van der Waals surface area contributed by atoms with Crippen molar-refractivity contribution in [3.8, 4) is 0 Å². The first-order valence-electron chi connectivity index (χ1n) is 9.88. The van der Waals surface area contributed by atoms with Gasteiger partial charge in [0.2, 0.25) is 5.91 Å². The van der Waals surface area contributed by atoms with Crippen LogP contribution in [0.1, 0.15) is 27.5 Å². The molecular formula is C23H25N3O3. The highest BCUT2D eigenvalue weighted by Gasteiger charge is 2.32. The van der Waals surface area contributed by atoms with Crippen LogP contribution < -0.4 is 5.32 Å². The van der Waals surface area contributed by atoms with Crippen molar-refractivity contribution in [3.63, 3.8) is 0 Å². The van der Waals surface area contributed by atoms with Crippen molar-refractivity contribution in [1.29, 1.82) is 0 Å². The van der Waals surface area contributed by atoms with Crippen molar-refractivity contribution in [3.05, 3.63) is 77.9 Å². The fraction of sp³-hybridized carbons (Fsp3) is 0.304. The van der Waals surface area contributed by atoms with E-state index in [0.29, 0.717) is 31.0 Å². The van der Waals surface area contributed by atoms with E-state index < -0.39 is 0 Å². The molecule has 1 fully saturated rings. The van der Waals surface area contributed by atoms with Gasteiger partial charge in [0.25, 0.3) is 5.91 Å². The Kier molecular flexibility index (Phi) is 5.74. The molecule has 2 aromatic carbocycles. The van der Waals surface area contributed by atoms with Gasteiger partial charge in [0.15, 0.2) is 0 Å². The maximum absolute atomic E-state index is 12.9. The van der Waals surface area contributed by atoms with E-state index >= 15 is 0 Å². The molecule has 150 valence electrons. The quantitative estimate of drug-likeness (QED) is 0.821. The number of benzene rings is 2. The summed E-state index contributed by atoms with van der Waals surface area (Å²) in [6.07, 6.45) is 0. The number of fused-ring (bicyclic) bond motifs is 1. The van der Waals surface area contributed by atoms with Crippen LogP contribution in [0.4, 0.5) is 0 Å². The number of ether oxygens (including phenoxy) is 1. The average molecular weight is 391 g/mol. The Bertz CT molecular complexity index is 872. The van der Waals surface area contributed by atoms with Crippen molar-refractivity contribution < 1.29 is 14.3 Å². The molecule has 2 amide bonds. The molecule has 2 aliphatic rings. The fourth-order valence-corrected chi connectivity index (χ4v) is 3.85. The van der Waals surface area contributed by atoms with E-state index in [1.165, 1.54) is 4.90 Å². The second-order valence-electron chi connectivity index (χ2n) is 7.33. The van der Waals surface area contributed by atoms with Gasteiger partial charge in [0, 0.05) is 36.5 Å². The Balaban J connectivity index is 1.45. The summed E-state index contributed by atoms with van der Waals surface area (Å²) in [6, 6.07) is 17.1. The number of rotatable bonds is 6. The summed E-state index contributed by atoms with van der Waals surface area (Å²) in [4.78, 5) is 29.3. The minimum atomic E-state index is -0.200. The van der Waals surface area contributed by atoms with Gasteiger partial charge in [-0.1, -0.05) is 55.1 Å². The second-order valence-corrected chi connectivity index (χ2v) is 7.33. The molecule has 2 aliphatic heterocycles. The lowest BCUT2D eigenvalue weighted by Crippen LogP contribution is -2.45. The molecule has 6 heteroatoms. The molecule has 2 aromatic rings. The molecule has 1 atom stereocenters. The molecule has 0 unspecified atom stereocenters. The number of carbonyl (C=O) groups excluding carboxylic acids is 2. The largest absolute Gasteiger partial charge is 0.379 e. The van der Waals surface area contributed by atoms with Gasteiger partial charge in [-0.15, -0.1) is 0 Å². The van der Waals surface area contributed by atoms with Crippen LogP contribution >= 0.6 is 0 Å². The Morgan fingerprint density at radius 1 is 1.03 bits per heavy atom. The lowest BCUT2D eigenvalue weighted by atomic mass is 10.1. The average Bonchev–Trinajstić information content (AvgIpc) is 3.00. The Labute approximate surface area is 170 Å². The molecule has 0 aromatic heterocycles. The summed E-state index contributed by atoms with van der Waals surface area (Å²) in [6.45, 7) is 7.77. The summed E-state index contributed by atoms with van der Waals surface area (Å²) in [5.41, 5.74) is 3.00. The van der Waals surface area contributed by atoms with Crippen LogP contribution in [0.2, 0.25) is 0 Å². The summed E-state index contributed by atoms with van der Waals surface area (Å²) in [7, 11) is 0. The highest BCUT2D eigenvalue weighted by Crippen LogP contribution is 2.30. The number of nitrogens with zero attached hydrogens (tertiary/aromatic N) is 2. The number of hydrogen-bond donors (Lipinski definition) is 1. The van der Waals surface area contributed by atoms with Crippen LogP contribution in [0, 0.1) is 0 Å². The number of nitrogens with one attached hydrogen (secondary N) is 1. The summed E-state index contributed by atoms with van der Waals surface area (Å²) < 4.78 is 5.43. The maximum atomic E-state index is 12.9. The third-order valence-corrected chi connectivity index (χ3v) is 5.42. The molecule has 6 nitrogen and oxygen atoms in total. The topological polar surface area (TPSA) is 61.9 Å². The van der Waals surface area contributed by atoms with Crippen LogP contribution in [0.25, 0.3) is 5.70 Å². The van der Waals surface area contributed by atoms with Crippen molar-refractivity contribution in [2.24, 2.45) is 0 Å². The molecule has 29 heavy (non-hydrogen) atoms. The molecular weight excluding hydrogens is 366 g/mol. The van der Waals surface area contributed by atoms with Gasteiger partial charge in [-0.05, 0) is 11.6 Å². The summed E-state index contributed by atoms with van der Waals surface area (Å²) >= 11 is 0. The monoisotopic (exact) mass is 391 g/mol. The van der Waals surface area contributed by atoms with Crippen molar-refractivity contribution >= 4 is 17.5 Å². The Hall–Kier alpha value is -2.96. The van der Waals surface area contributed by atoms with Gasteiger partial charge in [-0.3, -0.25) is 19.4 Å². The van der Waals surface area contributed by atoms with Crippen molar-refractivity contribution in [2.45, 2.75) is 6.04 Å². The van der Waals surface area contributed by atoms with Crippen LogP contribution in [0.3, 0.4) is 0 Å². The summed E-state index contributed by atoms with van der Waals surface area (Å²) in [5.74, 6) is -0.375. The normalized spacial score (nSPS) is 17.9. The molecule has 0 saturated carbocycles. The minimum Gasteiger partial charge on any atom is -0.379 e. The molecule has 0 radical (unpaired) electrons. The van der Waals surface area contributed by atoms with E-state index in [0.717, 1.165) is 24.2 Å². The maximum Gasteiger partial charge on any atom is 0.259 e. The van der Waals surface area contributed by atoms with E-state index in [-0.39, 0.29) is 24.4 Å². The molecule has 0 aliphatic carbocycles. The van der Waals surface area contributed by atoms with Crippen LogP contribution in [-0.4, -0.2) is 61.0 Å². The van der Waals surface area contributed by atoms with Crippen LogP contribution in [0.5, 0.6) is 0 Å². The number of morpholine rings is 1. The second kappa shape index (κ2) is 8.59. The van der Waals surface area contributed by atoms with E-state index in [1.807, 2.05) is 48.5 Å². The van der Waals surface area contributed by atoms with Gasteiger partial charge in [-0.2, -0.15) is 0 Å². The lowest BCUT2D eigenvalue weighted by molar-refractivity contribution is -0.122. The lowest BCUT2D eigenvalue weighted by Gasteiger charge is -2.31. The molecule has 1 N–H and O–H groups in total. The molecule has 0 spiro atoms. The predicted octanol–water partition coefficient (Wildman–Crippen LogP) is 2.30. The van der Waals surface area contributed by atoms with Gasteiger partial charge in [-0.25, -0.2) is 0 Å². The zero-order chi connectivity index (χ0) is 20.2. The van der Waals surface area contributed by atoms with E-state index in [9.17, 15) is 9.59 Å². The molecule has 4 rings (SSSR count). The first kappa shape index (κ1) is 19.4. The van der Waals surface area contributed by atoms with Gasteiger partial charge in [0.1, 0.15) is 6.54 Å². The zero-order valence-electron chi connectivity index (χ0n) is 16.3. The summed E-state index contributed by atoms with van der Waals surface area (Å²) in [5, 5.41) is 3.12. The van der Waals surface area contributed by atoms with Gasteiger partial charge >= 0.3 is 0 Å². The third-order valence-electron chi connectivity index (χ3n) is 5.42. The Morgan fingerprint density at radius 2 is 1.69 bits per heavy atom. The van der Waals surface area contributed by atoms with Crippen molar-refractivity contribution in [1.82, 2.24) is 15.1 Å². The van der Waals surface area contributed by atoms with E-state index in [4.69, 9.17) is 4.74 Å². The zero-order valence-corrected chi connectivity index (χ0v) is 16.3. The van der Waals surface area contributed by atoms with Crippen LogP contribution in [0.15, 0.2) is 61.2 Å². The number of amides is 2. The SMILES string of the molecule is C=C1c2ccccc2C(=O)N1CC(=O)N[C@H](CN1CCOCC1)c1ccccc1. The number of carbonyl (C=O) groups is 2. The van der Waals surface area contributed by atoms with Crippen LogP contribution in [-0.2, 0) is 9.53 Å². The smallest absolute Gasteiger partial charge is 0.259 e. The minimum absolute atomic E-state index is 0.0429. The molecule has 2 heterocycles.